The van der Waals surface area contributed by atoms with Gasteiger partial charge in [-0.2, -0.15) is 0 Å². The van der Waals surface area contributed by atoms with Crippen LogP contribution in [0.5, 0.6) is 0 Å². The highest BCUT2D eigenvalue weighted by molar-refractivity contribution is 9.10. The quantitative estimate of drug-likeness (QED) is 0.849. The van der Waals surface area contributed by atoms with Crippen molar-refractivity contribution in [2.75, 3.05) is 0 Å². The molecule has 2 fully saturated rings. The molecule has 2 atom stereocenters. The molecule has 5 heteroatoms. The van der Waals surface area contributed by atoms with E-state index >= 15 is 0 Å². The number of halogens is 2. The third-order valence-corrected chi connectivity index (χ3v) is 4.98. The summed E-state index contributed by atoms with van der Waals surface area (Å²) in [6.45, 7) is 0.629. The SMILES string of the molecule is Cl.O=C(CC1CC2CCC(C1)N2)NCc1ccc(Br)cc1. The molecular weight excluding hydrogens is 352 g/mol. The normalized spacial score (nSPS) is 27.0. The molecule has 0 saturated carbocycles. The maximum atomic E-state index is 12.0. The Balaban J connectivity index is 0.00000161. The summed E-state index contributed by atoms with van der Waals surface area (Å²) >= 11 is 3.42. The number of hydrogen-bond acceptors (Lipinski definition) is 2. The van der Waals surface area contributed by atoms with Crippen molar-refractivity contribution in [3.63, 3.8) is 0 Å². The van der Waals surface area contributed by atoms with Crippen LogP contribution in [0.4, 0.5) is 0 Å². The molecule has 2 aliphatic rings. The predicted octanol–water partition coefficient (Wildman–Crippen LogP) is 3.41. The predicted molar refractivity (Wildman–Crippen MR) is 90.5 cm³/mol. The molecule has 0 radical (unpaired) electrons. The van der Waals surface area contributed by atoms with E-state index in [0.29, 0.717) is 31.0 Å². The van der Waals surface area contributed by atoms with Crippen LogP contribution in [0.2, 0.25) is 0 Å². The minimum Gasteiger partial charge on any atom is -0.352 e. The smallest absolute Gasteiger partial charge is 0.220 e. The van der Waals surface area contributed by atoms with Gasteiger partial charge in [-0.1, -0.05) is 28.1 Å². The summed E-state index contributed by atoms with van der Waals surface area (Å²) in [6, 6.07) is 9.42. The first-order valence-corrected chi connectivity index (χ1v) is 8.25. The minimum absolute atomic E-state index is 0. The molecule has 116 valence electrons. The standard InChI is InChI=1S/C16H21BrN2O.ClH/c17-13-3-1-11(2-4-13)10-18-16(20)9-12-7-14-5-6-15(8-12)19-14;/h1-4,12,14-15,19H,5-10H2,(H,18,20);1H. The van der Waals surface area contributed by atoms with Crippen molar-refractivity contribution in [2.24, 2.45) is 5.92 Å². The second-order valence-electron chi connectivity index (χ2n) is 6.08. The molecule has 0 aliphatic carbocycles. The molecule has 1 aromatic rings. The second kappa shape index (κ2) is 7.61. The highest BCUT2D eigenvalue weighted by Crippen LogP contribution is 2.32. The summed E-state index contributed by atoms with van der Waals surface area (Å²) < 4.78 is 1.07. The van der Waals surface area contributed by atoms with E-state index in [9.17, 15) is 4.79 Å². The van der Waals surface area contributed by atoms with Crippen LogP contribution in [-0.2, 0) is 11.3 Å². The number of benzene rings is 1. The van der Waals surface area contributed by atoms with E-state index in [0.717, 1.165) is 10.0 Å². The van der Waals surface area contributed by atoms with E-state index < -0.39 is 0 Å². The average Bonchev–Trinajstić information content (AvgIpc) is 2.77. The van der Waals surface area contributed by atoms with Gasteiger partial charge in [-0.3, -0.25) is 4.79 Å². The zero-order valence-corrected chi connectivity index (χ0v) is 14.4. The topological polar surface area (TPSA) is 41.1 Å². The molecule has 1 aromatic carbocycles. The van der Waals surface area contributed by atoms with Gasteiger partial charge >= 0.3 is 0 Å². The van der Waals surface area contributed by atoms with Crippen molar-refractivity contribution in [1.82, 2.24) is 10.6 Å². The summed E-state index contributed by atoms with van der Waals surface area (Å²) in [4.78, 5) is 12.0. The van der Waals surface area contributed by atoms with Gasteiger partial charge in [0.05, 0.1) is 0 Å². The number of fused-ring (bicyclic) bond motifs is 2. The van der Waals surface area contributed by atoms with E-state index in [2.05, 4.69) is 26.6 Å². The van der Waals surface area contributed by atoms with Crippen LogP contribution < -0.4 is 10.6 Å². The van der Waals surface area contributed by atoms with Gasteiger partial charge in [0, 0.05) is 29.5 Å². The Morgan fingerprint density at radius 1 is 1.19 bits per heavy atom. The van der Waals surface area contributed by atoms with Crippen molar-refractivity contribution < 1.29 is 4.79 Å². The first kappa shape index (κ1) is 16.8. The van der Waals surface area contributed by atoms with Gasteiger partial charge in [0.2, 0.25) is 5.91 Å². The number of carbonyl (C=O) groups excluding carboxylic acids is 1. The molecule has 2 saturated heterocycles. The Kier molecular flexibility index (Phi) is 6.08. The minimum atomic E-state index is 0. The average molecular weight is 374 g/mol. The van der Waals surface area contributed by atoms with Crippen molar-refractivity contribution >= 4 is 34.2 Å². The lowest BCUT2D eigenvalue weighted by Crippen LogP contribution is -2.39. The molecule has 2 aliphatic heterocycles. The number of amides is 1. The van der Waals surface area contributed by atoms with E-state index in [1.165, 1.54) is 25.7 Å². The van der Waals surface area contributed by atoms with Crippen molar-refractivity contribution in [1.29, 1.82) is 0 Å². The summed E-state index contributed by atoms with van der Waals surface area (Å²) in [5, 5.41) is 6.66. The zero-order chi connectivity index (χ0) is 13.9. The first-order chi connectivity index (χ1) is 9.69. The molecule has 2 bridgehead atoms. The molecule has 2 heterocycles. The number of piperidine rings is 1. The Morgan fingerprint density at radius 2 is 1.81 bits per heavy atom. The van der Waals surface area contributed by atoms with E-state index in [4.69, 9.17) is 0 Å². The third-order valence-electron chi connectivity index (χ3n) is 4.45. The van der Waals surface area contributed by atoms with Crippen LogP contribution in [0.1, 0.15) is 37.7 Å². The fourth-order valence-corrected chi connectivity index (χ4v) is 3.74. The summed E-state index contributed by atoms with van der Waals surface area (Å²) in [7, 11) is 0. The number of hydrogen-bond donors (Lipinski definition) is 2. The van der Waals surface area contributed by atoms with Crippen molar-refractivity contribution in [3.05, 3.63) is 34.3 Å². The van der Waals surface area contributed by atoms with E-state index in [1.54, 1.807) is 0 Å². The van der Waals surface area contributed by atoms with Crippen LogP contribution in [0.25, 0.3) is 0 Å². The summed E-state index contributed by atoms with van der Waals surface area (Å²) in [6.07, 6.45) is 5.61. The largest absolute Gasteiger partial charge is 0.352 e. The lowest BCUT2D eigenvalue weighted by atomic mass is 9.89. The van der Waals surface area contributed by atoms with Crippen LogP contribution >= 0.6 is 28.3 Å². The van der Waals surface area contributed by atoms with Crippen LogP contribution in [-0.4, -0.2) is 18.0 Å². The van der Waals surface area contributed by atoms with Gasteiger partial charge in [0.1, 0.15) is 0 Å². The second-order valence-corrected chi connectivity index (χ2v) is 7.00. The number of nitrogens with one attached hydrogen (secondary N) is 2. The lowest BCUT2D eigenvalue weighted by molar-refractivity contribution is -0.122. The Morgan fingerprint density at radius 3 is 2.43 bits per heavy atom. The molecule has 21 heavy (non-hydrogen) atoms. The van der Waals surface area contributed by atoms with Crippen LogP contribution in [0.15, 0.2) is 28.7 Å². The fourth-order valence-electron chi connectivity index (χ4n) is 3.48. The Labute approximate surface area is 140 Å². The molecule has 3 rings (SSSR count). The molecule has 2 N–H and O–H groups in total. The van der Waals surface area contributed by atoms with Crippen LogP contribution in [0, 0.1) is 5.92 Å². The van der Waals surface area contributed by atoms with Crippen LogP contribution in [0.3, 0.4) is 0 Å². The lowest BCUT2D eigenvalue weighted by Gasteiger charge is -2.28. The van der Waals surface area contributed by atoms with Gasteiger partial charge in [-0.05, 0) is 49.3 Å². The van der Waals surface area contributed by atoms with E-state index in [-0.39, 0.29) is 18.3 Å². The third kappa shape index (κ3) is 4.70. The molecule has 2 unspecified atom stereocenters. The highest BCUT2D eigenvalue weighted by Gasteiger charge is 2.33. The summed E-state index contributed by atoms with van der Waals surface area (Å²) in [5.41, 5.74) is 1.15. The Hall–Kier alpha value is -0.580. The number of carbonyl (C=O) groups is 1. The monoisotopic (exact) mass is 372 g/mol. The number of rotatable bonds is 4. The van der Waals surface area contributed by atoms with Gasteiger partial charge in [0.15, 0.2) is 0 Å². The summed E-state index contributed by atoms with van der Waals surface area (Å²) in [5.74, 6) is 0.762. The molecule has 3 nitrogen and oxygen atoms in total. The Bertz CT molecular complexity index is 468. The first-order valence-electron chi connectivity index (χ1n) is 7.46. The molecule has 0 aromatic heterocycles. The molecule has 0 spiro atoms. The highest BCUT2D eigenvalue weighted by atomic mass is 79.9. The van der Waals surface area contributed by atoms with Gasteiger partial charge < -0.3 is 10.6 Å². The van der Waals surface area contributed by atoms with Crippen molar-refractivity contribution in [3.8, 4) is 0 Å². The van der Waals surface area contributed by atoms with E-state index in [1.807, 2.05) is 24.3 Å². The molecular formula is C16H22BrClN2O. The fraction of sp³-hybridized carbons (Fsp3) is 0.562. The van der Waals surface area contributed by atoms with Gasteiger partial charge in [0.25, 0.3) is 0 Å². The maximum Gasteiger partial charge on any atom is 0.220 e. The maximum absolute atomic E-state index is 12.0. The van der Waals surface area contributed by atoms with Crippen molar-refractivity contribution in [2.45, 2.75) is 50.7 Å². The van der Waals surface area contributed by atoms with Gasteiger partial charge in [-0.25, -0.2) is 0 Å². The van der Waals surface area contributed by atoms with Gasteiger partial charge in [-0.15, -0.1) is 12.4 Å². The molecule has 1 amide bonds. The zero-order valence-electron chi connectivity index (χ0n) is 12.0.